The smallest absolute Gasteiger partial charge is 0.264 e. The monoisotopic (exact) mass is 400 g/mol. The zero-order valence-corrected chi connectivity index (χ0v) is 16.4. The van der Waals surface area contributed by atoms with Crippen LogP contribution in [0.5, 0.6) is 0 Å². The van der Waals surface area contributed by atoms with Gasteiger partial charge < -0.3 is 0 Å². The maximum Gasteiger partial charge on any atom is 0.264 e. The van der Waals surface area contributed by atoms with Crippen molar-refractivity contribution in [2.24, 2.45) is 0 Å². The van der Waals surface area contributed by atoms with E-state index in [1.165, 1.54) is 21.8 Å². The largest absolute Gasteiger partial charge is 0.292 e. The Hall–Kier alpha value is -2.81. The highest BCUT2D eigenvalue weighted by Gasteiger charge is 2.31. The number of aryl methyl sites for hydroxylation is 2. The molecular weight excluding hydrogens is 380 g/mol. The number of ketones is 1. The number of carbonyl (C=O) groups excluding carboxylic acids is 1. The predicted molar refractivity (Wildman–Crippen MR) is 104 cm³/mol. The van der Waals surface area contributed by atoms with Gasteiger partial charge in [0, 0.05) is 5.56 Å². The van der Waals surface area contributed by atoms with Crippen molar-refractivity contribution in [1.29, 1.82) is 0 Å². The summed E-state index contributed by atoms with van der Waals surface area (Å²) in [7, 11) is -3.08. The summed E-state index contributed by atoms with van der Waals surface area (Å²) in [5.41, 5.74) is 2.49. The number of rotatable bonds is 4. The first-order chi connectivity index (χ1) is 13.2. The number of hydrogen-bond donors (Lipinski definition) is 0. The second kappa shape index (κ2) is 6.66. The van der Waals surface area contributed by atoms with Gasteiger partial charge in [-0.05, 0) is 25.8 Å². The van der Waals surface area contributed by atoms with E-state index in [0.29, 0.717) is 17.6 Å². The van der Waals surface area contributed by atoms with E-state index in [4.69, 9.17) is 0 Å². The Morgan fingerprint density at radius 2 is 2.07 bits per heavy atom. The summed E-state index contributed by atoms with van der Waals surface area (Å²) >= 11 is 0. The molecule has 4 rings (SSSR count). The Morgan fingerprint density at radius 1 is 1.29 bits per heavy atom. The van der Waals surface area contributed by atoms with Crippen LogP contribution in [0.3, 0.4) is 0 Å². The zero-order chi connectivity index (χ0) is 20.1. The number of fused-ring (bicyclic) bond motifs is 1. The molecule has 1 atom stereocenters. The molecule has 3 heterocycles. The van der Waals surface area contributed by atoms with Gasteiger partial charge in [0.25, 0.3) is 5.56 Å². The normalized spacial score (nSPS) is 18.6. The first-order valence-electron chi connectivity index (χ1n) is 8.99. The lowest BCUT2D eigenvalue weighted by atomic mass is 10.0. The van der Waals surface area contributed by atoms with Crippen LogP contribution in [-0.2, 0) is 16.4 Å². The van der Waals surface area contributed by atoms with Crippen molar-refractivity contribution in [2.75, 3.05) is 11.5 Å². The lowest BCUT2D eigenvalue weighted by molar-refractivity contribution is 0.0970. The van der Waals surface area contributed by atoms with E-state index in [0.717, 1.165) is 11.1 Å². The summed E-state index contributed by atoms with van der Waals surface area (Å²) in [5.74, 6) is -0.0599. The van der Waals surface area contributed by atoms with E-state index in [2.05, 4.69) is 10.1 Å². The first-order valence-corrected chi connectivity index (χ1v) is 10.8. The van der Waals surface area contributed by atoms with Gasteiger partial charge in [0.15, 0.2) is 21.3 Å². The molecule has 1 saturated heterocycles. The van der Waals surface area contributed by atoms with Crippen LogP contribution >= 0.6 is 0 Å². The lowest BCUT2D eigenvalue weighted by Gasteiger charge is -2.10. The minimum absolute atomic E-state index is 0.000266. The van der Waals surface area contributed by atoms with Crippen molar-refractivity contribution in [3.05, 3.63) is 57.8 Å². The van der Waals surface area contributed by atoms with Crippen molar-refractivity contribution in [3.8, 4) is 0 Å². The van der Waals surface area contributed by atoms with Crippen LogP contribution < -0.4 is 5.56 Å². The Balaban J connectivity index is 1.66. The fourth-order valence-electron chi connectivity index (χ4n) is 3.68. The van der Waals surface area contributed by atoms with Crippen molar-refractivity contribution < 1.29 is 13.2 Å². The van der Waals surface area contributed by atoms with Crippen molar-refractivity contribution in [3.63, 3.8) is 0 Å². The quantitative estimate of drug-likeness (QED) is 0.614. The van der Waals surface area contributed by atoms with Gasteiger partial charge in [-0.2, -0.15) is 5.10 Å². The van der Waals surface area contributed by atoms with Crippen LogP contribution in [0.1, 0.15) is 33.9 Å². The maximum atomic E-state index is 12.8. The van der Waals surface area contributed by atoms with Gasteiger partial charge in [0.05, 0.1) is 30.3 Å². The van der Waals surface area contributed by atoms with Crippen molar-refractivity contribution in [2.45, 2.75) is 32.9 Å². The molecule has 9 heteroatoms. The standard InChI is InChI=1S/C19H20N4O4S/c1-12-3-4-15(13(2)7-12)17(24)9-22-11-20-18-16(19(22)25)8-21-23(18)14-5-6-28(26,27)10-14/h3-4,7-8,11,14H,5-6,9-10H2,1-2H3/t14-/m0/s1. The number of Topliss-reactive ketones (excluding diaryl/α,β-unsaturated/α-hetero) is 1. The van der Waals surface area contributed by atoms with Gasteiger partial charge in [-0.3, -0.25) is 14.2 Å². The second-order valence-electron chi connectivity index (χ2n) is 7.30. The highest BCUT2D eigenvalue weighted by Crippen LogP contribution is 2.25. The summed E-state index contributed by atoms with van der Waals surface area (Å²) in [6, 6.07) is 5.24. The van der Waals surface area contributed by atoms with E-state index in [-0.39, 0.29) is 40.8 Å². The number of carbonyl (C=O) groups is 1. The Morgan fingerprint density at radius 3 is 2.75 bits per heavy atom. The van der Waals surface area contributed by atoms with Crippen LogP contribution in [0.4, 0.5) is 0 Å². The molecule has 0 saturated carbocycles. The summed E-state index contributed by atoms with van der Waals surface area (Å²) in [6.07, 6.45) is 3.18. The topological polar surface area (TPSA) is 104 Å². The molecule has 0 radical (unpaired) electrons. The number of hydrogen-bond acceptors (Lipinski definition) is 6. The van der Waals surface area contributed by atoms with Gasteiger partial charge in [0.2, 0.25) is 0 Å². The molecule has 3 aromatic rings. The van der Waals surface area contributed by atoms with Gasteiger partial charge >= 0.3 is 0 Å². The molecule has 0 N–H and O–H groups in total. The lowest BCUT2D eigenvalue weighted by Crippen LogP contribution is -2.25. The highest BCUT2D eigenvalue weighted by atomic mass is 32.2. The van der Waals surface area contributed by atoms with Crippen LogP contribution in [0, 0.1) is 13.8 Å². The summed E-state index contributed by atoms with van der Waals surface area (Å²) < 4.78 is 26.2. The molecule has 8 nitrogen and oxygen atoms in total. The van der Waals surface area contributed by atoms with Gasteiger partial charge in [-0.15, -0.1) is 0 Å². The summed E-state index contributed by atoms with van der Waals surface area (Å²) in [4.78, 5) is 29.7. The number of benzene rings is 1. The molecule has 1 fully saturated rings. The number of aromatic nitrogens is 4. The van der Waals surface area contributed by atoms with Crippen LogP contribution in [-0.4, -0.2) is 45.0 Å². The third-order valence-electron chi connectivity index (χ3n) is 5.13. The van der Waals surface area contributed by atoms with E-state index in [1.807, 2.05) is 26.0 Å². The minimum Gasteiger partial charge on any atom is -0.292 e. The molecule has 2 aromatic heterocycles. The average molecular weight is 400 g/mol. The summed E-state index contributed by atoms with van der Waals surface area (Å²) in [6.45, 7) is 3.70. The second-order valence-corrected chi connectivity index (χ2v) is 9.53. The molecule has 0 bridgehead atoms. The molecule has 1 aliphatic rings. The van der Waals surface area contributed by atoms with E-state index < -0.39 is 9.84 Å². The van der Waals surface area contributed by atoms with Gasteiger partial charge in [0.1, 0.15) is 11.7 Å². The molecule has 0 unspecified atom stereocenters. The first kappa shape index (κ1) is 18.5. The van der Waals surface area contributed by atoms with E-state index in [9.17, 15) is 18.0 Å². The predicted octanol–water partition coefficient (Wildman–Crippen LogP) is 1.45. The number of nitrogens with zero attached hydrogens (tertiary/aromatic N) is 4. The molecule has 28 heavy (non-hydrogen) atoms. The van der Waals surface area contributed by atoms with E-state index >= 15 is 0 Å². The summed E-state index contributed by atoms with van der Waals surface area (Å²) in [5, 5.41) is 4.48. The fourth-order valence-corrected chi connectivity index (χ4v) is 5.37. The number of sulfone groups is 1. The van der Waals surface area contributed by atoms with Gasteiger partial charge in [-0.25, -0.2) is 18.1 Å². The molecule has 1 aromatic carbocycles. The molecule has 0 amide bonds. The minimum atomic E-state index is -3.08. The fraction of sp³-hybridized carbons (Fsp3) is 0.368. The van der Waals surface area contributed by atoms with Crippen LogP contribution in [0.25, 0.3) is 11.0 Å². The van der Waals surface area contributed by atoms with Crippen LogP contribution in [0.15, 0.2) is 35.5 Å². The SMILES string of the molecule is Cc1ccc(C(=O)Cn2cnc3c(cnn3[C@H]3CCS(=O)(=O)C3)c2=O)c(C)c1. The van der Waals surface area contributed by atoms with Crippen LogP contribution in [0.2, 0.25) is 0 Å². The average Bonchev–Trinajstić information content (AvgIpc) is 3.20. The molecule has 0 aliphatic carbocycles. The van der Waals surface area contributed by atoms with Crippen molar-refractivity contribution in [1.82, 2.24) is 19.3 Å². The molecule has 0 spiro atoms. The highest BCUT2D eigenvalue weighted by molar-refractivity contribution is 7.91. The molecule has 1 aliphatic heterocycles. The Labute approximate surface area is 161 Å². The molecular formula is C19H20N4O4S. The zero-order valence-electron chi connectivity index (χ0n) is 15.6. The van der Waals surface area contributed by atoms with E-state index in [1.54, 1.807) is 6.07 Å². The Bertz CT molecular complexity index is 1260. The molecule has 146 valence electrons. The Kier molecular flexibility index (Phi) is 4.41. The van der Waals surface area contributed by atoms with Crippen molar-refractivity contribution >= 4 is 26.7 Å². The third-order valence-corrected chi connectivity index (χ3v) is 6.88. The van der Waals surface area contributed by atoms with Gasteiger partial charge in [-0.1, -0.05) is 23.8 Å². The maximum absolute atomic E-state index is 12.8. The third kappa shape index (κ3) is 3.26.